The molecule has 0 unspecified atom stereocenters. The van der Waals surface area contributed by atoms with Gasteiger partial charge >= 0.3 is 7.60 Å². The summed E-state index contributed by atoms with van der Waals surface area (Å²) in [6.07, 6.45) is 0.921. The van der Waals surface area contributed by atoms with Crippen LogP contribution in [-0.2, 0) is 19.0 Å². The molecule has 0 spiro atoms. The zero-order chi connectivity index (χ0) is 13.8. The molecule has 0 saturated carbocycles. The van der Waals surface area contributed by atoms with Crippen LogP contribution in [0.2, 0.25) is 0 Å². The summed E-state index contributed by atoms with van der Waals surface area (Å²) in [6.45, 7) is 4.00. The second-order valence-electron chi connectivity index (χ2n) is 4.85. The van der Waals surface area contributed by atoms with Gasteiger partial charge in [-0.05, 0) is 23.5 Å². The minimum Gasteiger partial charge on any atom is -0.508 e. The highest BCUT2D eigenvalue weighted by Crippen LogP contribution is 2.49. The molecule has 1 N–H and O–H groups in total. The van der Waals surface area contributed by atoms with Gasteiger partial charge in [-0.2, -0.15) is 0 Å². The Balaban J connectivity index is 2.83. The van der Waals surface area contributed by atoms with E-state index in [4.69, 9.17) is 9.05 Å². The quantitative estimate of drug-likeness (QED) is 0.805. The first-order chi connectivity index (χ1) is 8.34. The lowest BCUT2D eigenvalue weighted by molar-refractivity contribution is 0.271. The van der Waals surface area contributed by atoms with E-state index in [1.54, 1.807) is 12.1 Å². The van der Waals surface area contributed by atoms with E-state index in [1.165, 1.54) is 14.2 Å². The number of rotatable bonds is 6. The van der Waals surface area contributed by atoms with Crippen LogP contribution in [0.5, 0.6) is 5.75 Å². The first kappa shape index (κ1) is 15.2. The number of hydrogen-bond donors (Lipinski definition) is 1. The molecule has 0 fully saturated rings. The third-order valence-electron chi connectivity index (χ3n) is 3.20. The summed E-state index contributed by atoms with van der Waals surface area (Å²) in [6, 6.07) is 7.19. The third-order valence-corrected chi connectivity index (χ3v) is 5.08. The monoisotopic (exact) mass is 272 g/mol. The van der Waals surface area contributed by atoms with E-state index >= 15 is 0 Å². The van der Waals surface area contributed by atoms with Crippen LogP contribution in [0.3, 0.4) is 0 Å². The van der Waals surface area contributed by atoms with Crippen molar-refractivity contribution in [3.05, 3.63) is 29.8 Å². The van der Waals surface area contributed by atoms with Crippen molar-refractivity contribution in [2.45, 2.75) is 25.7 Å². The second-order valence-corrected chi connectivity index (χ2v) is 7.25. The van der Waals surface area contributed by atoms with Gasteiger partial charge in [-0.3, -0.25) is 4.57 Å². The van der Waals surface area contributed by atoms with Crippen molar-refractivity contribution in [2.75, 3.05) is 20.4 Å². The number of para-hydroxylation sites is 1. The molecule has 1 aromatic carbocycles. The molecule has 18 heavy (non-hydrogen) atoms. The molecule has 0 aromatic heterocycles. The van der Waals surface area contributed by atoms with Crippen LogP contribution >= 0.6 is 7.60 Å². The molecular formula is C13H21O4P. The zero-order valence-electron chi connectivity index (χ0n) is 11.3. The predicted molar refractivity (Wildman–Crippen MR) is 72.2 cm³/mol. The Morgan fingerprint density at radius 1 is 1.22 bits per heavy atom. The van der Waals surface area contributed by atoms with Crippen LogP contribution in [0.1, 0.15) is 25.8 Å². The smallest absolute Gasteiger partial charge is 0.330 e. The van der Waals surface area contributed by atoms with E-state index in [0.29, 0.717) is 12.6 Å². The first-order valence-corrected chi connectivity index (χ1v) is 7.56. The highest BCUT2D eigenvalue weighted by Gasteiger charge is 2.29. The molecule has 0 aliphatic rings. The summed E-state index contributed by atoms with van der Waals surface area (Å²) in [7, 11) is -0.222. The van der Waals surface area contributed by atoms with Gasteiger partial charge in [0.05, 0.1) is 6.16 Å². The molecule has 0 bridgehead atoms. The Morgan fingerprint density at radius 3 is 2.28 bits per heavy atom. The van der Waals surface area contributed by atoms with Crippen molar-refractivity contribution >= 4 is 7.60 Å². The largest absolute Gasteiger partial charge is 0.508 e. The molecular weight excluding hydrogens is 251 g/mol. The molecule has 0 radical (unpaired) electrons. The Labute approximate surface area is 108 Å². The number of phenols is 1. The van der Waals surface area contributed by atoms with E-state index in [9.17, 15) is 9.67 Å². The fourth-order valence-electron chi connectivity index (χ4n) is 1.85. The molecule has 0 aliphatic heterocycles. The van der Waals surface area contributed by atoms with E-state index in [2.05, 4.69) is 0 Å². The Bertz CT molecular complexity index is 434. The van der Waals surface area contributed by atoms with E-state index in [1.807, 2.05) is 26.0 Å². The zero-order valence-corrected chi connectivity index (χ0v) is 12.2. The van der Waals surface area contributed by atoms with Gasteiger partial charge in [0, 0.05) is 14.2 Å². The van der Waals surface area contributed by atoms with Crippen molar-refractivity contribution in [2.24, 2.45) is 0 Å². The lowest BCUT2D eigenvalue weighted by atomic mass is 9.82. The molecule has 0 saturated heterocycles. The average molecular weight is 272 g/mol. The number of aromatic hydroxyl groups is 1. The van der Waals surface area contributed by atoms with Gasteiger partial charge in [0.2, 0.25) is 0 Å². The Hall–Kier alpha value is -0.830. The standard InChI is InChI=1S/C13H21O4P/c1-13(2,9-10-18(15,16-3)17-4)11-7-5-6-8-12(11)14/h5-8,14H,9-10H2,1-4H3. The highest BCUT2D eigenvalue weighted by atomic mass is 31.2. The topological polar surface area (TPSA) is 55.8 Å². The van der Waals surface area contributed by atoms with Crippen molar-refractivity contribution in [3.8, 4) is 5.75 Å². The summed E-state index contributed by atoms with van der Waals surface area (Å²) >= 11 is 0. The average Bonchev–Trinajstić information content (AvgIpc) is 2.36. The summed E-state index contributed by atoms with van der Waals surface area (Å²) in [5.74, 6) is 0.257. The lowest BCUT2D eigenvalue weighted by Gasteiger charge is -2.27. The Morgan fingerprint density at radius 2 is 1.78 bits per heavy atom. The summed E-state index contributed by atoms with van der Waals surface area (Å²) in [4.78, 5) is 0. The van der Waals surface area contributed by atoms with Crippen LogP contribution in [0.15, 0.2) is 24.3 Å². The molecule has 0 aliphatic carbocycles. The van der Waals surface area contributed by atoms with Crippen molar-refractivity contribution in [1.82, 2.24) is 0 Å². The van der Waals surface area contributed by atoms with Crippen LogP contribution in [0.25, 0.3) is 0 Å². The minimum absolute atomic E-state index is 0.257. The van der Waals surface area contributed by atoms with Crippen molar-refractivity contribution in [1.29, 1.82) is 0 Å². The van der Waals surface area contributed by atoms with Crippen LogP contribution in [0.4, 0.5) is 0 Å². The summed E-state index contributed by atoms with van der Waals surface area (Å²) in [5, 5.41) is 9.86. The van der Waals surface area contributed by atoms with Gasteiger partial charge < -0.3 is 14.2 Å². The third kappa shape index (κ3) is 3.58. The maximum absolute atomic E-state index is 12.0. The highest BCUT2D eigenvalue weighted by molar-refractivity contribution is 7.53. The second kappa shape index (κ2) is 5.87. The molecule has 1 rings (SSSR count). The fraction of sp³-hybridized carbons (Fsp3) is 0.538. The van der Waals surface area contributed by atoms with Crippen LogP contribution in [0, 0.1) is 0 Å². The van der Waals surface area contributed by atoms with Gasteiger partial charge in [0.25, 0.3) is 0 Å². The van der Waals surface area contributed by atoms with Crippen molar-refractivity contribution in [3.63, 3.8) is 0 Å². The number of hydrogen-bond acceptors (Lipinski definition) is 4. The first-order valence-electron chi connectivity index (χ1n) is 5.83. The minimum atomic E-state index is -2.99. The maximum atomic E-state index is 12.0. The van der Waals surface area contributed by atoms with Crippen LogP contribution in [-0.4, -0.2) is 25.5 Å². The molecule has 0 atom stereocenters. The van der Waals surface area contributed by atoms with Gasteiger partial charge in [-0.25, -0.2) is 0 Å². The number of benzene rings is 1. The number of phenolic OH excluding ortho intramolecular Hbond substituents is 1. The van der Waals surface area contributed by atoms with Gasteiger partial charge in [0.15, 0.2) is 0 Å². The van der Waals surface area contributed by atoms with E-state index in [-0.39, 0.29) is 11.2 Å². The Kier molecular flexibility index (Phi) is 4.97. The summed E-state index contributed by atoms with van der Waals surface area (Å²) in [5.41, 5.74) is 0.543. The fourth-order valence-corrected chi connectivity index (χ4v) is 3.20. The predicted octanol–water partition coefficient (Wildman–Crippen LogP) is 3.55. The molecule has 4 nitrogen and oxygen atoms in total. The SMILES string of the molecule is COP(=O)(CCC(C)(C)c1ccccc1O)OC. The lowest BCUT2D eigenvalue weighted by Crippen LogP contribution is -2.19. The molecule has 1 aromatic rings. The van der Waals surface area contributed by atoms with Gasteiger partial charge in [-0.15, -0.1) is 0 Å². The molecule has 0 heterocycles. The maximum Gasteiger partial charge on any atom is 0.330 e. The van der Waals surface area contributed by atoms with Gasteiger partial charge in [-0.1, -0.05) is 32.0 Å². The normalized spacial score (nSPS) is 12.7. The van der Waals surface area contributed by atoms with E-state index < -0.39 is 7.60 Å². The molecule has 0 amide bonds. The van der Waals surface area contributed by atoms with E-state index in [0.717, 1.165) is 5.56 Å². The molecule has 102 valence electrons. The molecule has 5 heteroatoms. The van der Waals surface area contributed by atoms with Gasteiger partial charge in [0.1, 0.15) is 5.75 Å². The van der Waals surface area contributed by atoms with Crippen molar-refractivity contribution < 1.29 is 18.7 Å². The van der Waals surface area contributed by atoms with Crippen LogP contribution < -0.4 is 0 Å². The summed E-state index contributed by atoms with van der Waals surface area (Å²) < 4.78 is 21.8.